The van der Waals surface area contributed by atoms with E-state index in [-0.39, 0.29) is 18.0 Å². The molecule has 1 saturated carbocycles. The zero-order valence-corrected chi connectivity index (χ0v) is 16.0. The lowest BCUT2D eigenvalue weighted by Gasteiger charge is -2.27. The summed E-state index contributed by atoms with van der Waals surface area (Å²) >= 11 is 0. The first kappa shape index (κ1) is 20.8. The molecule has 0 bridgehead atoms. The normalized spacial score (nSPS) is 15.9. The van der Waals surface area contributed by atoms with Gasteiger partial charge in [0.25, 0.3) is 5.91 Å². The highest BCUT2D eigenvalue weighted by Crippen LogP contribution is 2.32. The molecule has 0 aromatic carbocycles. The van der Waals surface area contributed by atoms with Gasteiger partial charge >= 0.3 is 12.1 Å². The molecule has 2 heterocycles. The fraction of sp³-hybridized carbons (Fsp3) is 0.474. The smallest absolute Gasteiger partial charge is 0.417 e. The largest absolute Gasteiger partial charge is 0.464 e. The number of carbonyl (C=O) groups excluding carboxylic acids is 2. The summed E-state index contributed by atoms with van der Waals surface area (Å²) in [5.41, 5.74) is -1.33. The van der Waals surface area contributed by atoms with Crippen LogP contribution in [0, 0.1) is 6.92 Å². The van der Waals surface area contributed by atoms with E-state index >= 15 is 0 Å². The summed E-state index contributed by atoms with van der Waals surface area (Å²) in [6, 6.07) is 2.08. The van der Waals surface area contributed by atoms with Crippen LogP contribution >= 0.6 is 0 Å². The van der Waals surface area contributed by atoms with Gasteiger partial charge in [0, 0.05) is 6.20 Å². The first-order chi connectivity index (χ1) is 13.7. The first-order valence-electron chi connectivity index (χ1n) is 9.26. The first-order valence-corrected chi connectivity index (χ1v) is 9.26. The van der Waals surface area contributed by atoms with E-state index in [4.69, 9.17) is 4.74 Å². The second-order valence-electron chi connectivity index (χ2n) is 6.92. The topological polar surface area (TPSA) is 86.1 Å². The lowest BCUT2D eigenvalue weighted by atomic mass is 9.97. The minimum atomic E-state index is -4.49. The average molecular weight is 410 g/mol. The van der Waals surface area contributed by atoms with Crippen molar-refractivity contribution in [3.8, 4) is 5.82 Å². The number of rotatable bonds is 5. The summed E-state index contributed by atoms with van der Waals surface area (Å²) in [6.45, 7) is 3.52. The third-order valence-corrected chi connectivity index (χ3v) is 5.02. The summed E-state index contributed by atoms with van der Waals surface area (Å²) < 4.78 is 44.5. The van der Waals surface area contributed by atoms with Crippen LogP contribution in [0.1, 0.15) is 54.2 Å². The van der Waals surface area contributed by atoms with Crippen LogP contribution in [0.5, 0.6) is 0 Å². The SMILES string of the molecule is CCOC(=O)C1(NC(=O)c2cnn(-c3ccc(C(F)(F)F)cn3)c2C)CCCC1. The Hall–Kier alpha value is -2.91. The molecule has 3 rings (SSSR count). The van der Waals surface area contributed by atoms with Crippen LogP contribution in [0.15, 0.2) is 24.5 Å². The van der Waals surface area contributed by atoms with E-state index in [9.17, 15) is 22.8 Å². The Kier molecular flexibility index (Phi) is 5.63. The van der Waals surface area contributed by atoms with Gasteiger partial charge in [-0.15, -0.1) is 0 Å². The van der Waals surface area contributed by atoms with E-state index in [1.165, 1.54) is 16.9 Å². The van der Waals surface area contributed by atoms with Gasteiger partial charge in [0.05, 0.1) is 29.6 Å². The Morgan fingerprint density at radius 1 is 1.24 bits per heavy atom. The Morgan fingerprint density at radius 2 is 1.93 bits per heavy atom. The number of ether oxygens (including phenoxy) is 1. The number of carbonyl (C=O) groups is 2. The molecular formula is C19H21F3N4O3. The Morgan fingerprint density at radius 3 is 2.48 bits per heavy atom. The molecule has 1 N–H and O–H groups in total. The second-order valence-corrected chi connectivity index (χ2v) is 6.92. The zero-order valence-electron chi connectivity index (χ0n) is 16.0. The summed E-state index contributed by atoms with van der Waals surface area (Å²) in [5, 5.41) is 6.87. The zero-order chi connectivity index (χ0) is 21.2. The summed E-state index contributed by atoms with van der Waals surface area (Å²) in [7, 11) is 0. The summed E-state index contributed by atoms with van der Waals surface area (Å²) in [6.07, 6.45) is 0.108. The van der Waals surface area contributed by atoms with Crippen LogP contribution in [-0.4, -0.2) is 38.8 Å². The van der Waals surface area contributed by atoms with Crippen molar-refractivity contribution < 1.29 is 27.5 Å². The predicted molar refractivity (Wildman–Crippen MR) is 96.4 cm³/mol. The number of alkyl halides is 3. The lowest BCUT2D eigenvalue weighted by molar-refractivity contribution is -0.150. The van der Waals surface area contributed by atoms with Crippen LogP contribution in [0.25, 0.3) is 5.82 Å². The highest BCUT2D eigenvalue weighted by Gasteiger charge is 2.44. The summed E-state index contributed by atoms with van der Waals surface area (Å²) in [5.74, 6) is -0.800. The van der Waals surface area contributed by atoms with Gasteiger partial charge in [-0.3, -0.25) is 4.79 Å². The van der Waals surface area contributed by atoms with Crippen molar-refractivity contribution in [1.82, 2.24) is 20.1 Å². The van der Waals surface area contributed by atoms with Crippen molar-refractivity contribution in [3.63, 3.8) is 0 Å². The molecule has 156 valence electrons. The van der Waals surface area contributed by atoms with Crippen molar-refractivity contribution in [3.05, 3.63) is 41.3 Å². The fourth-order valence-electron chi connectivity index (χ4n) is 3.46. The van der Waals surface area contributed by atoms with E-state index in [0.29, 0.717) is 24.7 Å². The quantitative estimate of drug-likeness (QED) is 0.765. The van der Waals surface area contributed by atoms with Crippen molar-refractivity contribution in [1.29, 1.82) is 0 Å². The van der Waals surface area contributed by atoms with Crippen molar-refractivity contribution >= 4 is 11.9 Å². The third kappa shape index (κ3) is 4.10. The Bertz CT molecular complexity index is 900. The summed E-state index contributed by atoms with van der Waals surface area (Å²) in [4.78, 5) is 29.0. The van der Waals surface area contributed by atoms with Crippen LogP contribution in [0.4, 0.5) is 13.2 Å². The van der Waals surface area contributed by atoms with Crippen LogP contribution < -0.4 is 5.32 Å². The number of amides is 1. The molecule has 1 aliphatic rings. The maximum absolute atomic E-state index is 12.8. The lowest BCUT2D eigenvalue weighted by Crippen LogP contribution is -2.53. The second kappa shape index (κ2) is 7.84. The maximum Gasteiger partial charge on any atom is 0.417 e. The molecule has 1 amide bonds. The maximum atomic E-state index is 12.8. The van der Waals surface area contributed by atoms with Crippen molar-refractivity contribution in [2.75, 3.05) is 6.61 Å². The van der Waals surface area contributed by atoms with Gasteiger partial charge in [-0.1, -0.05) is 12.8 Å². The van der Waals surface area contributed by atoms with E-state index in [1.807, 2.05) is 0 Å². The van der Waals surface area contributed by atoms with Gasteiger partial charge in [-0.05, 0) is 38.8 Å². The van der Waals surface area contributed by atoms with Gasteiger partial charge in [-0.2, -0.15) is 18.3 Å². The molecule has 10 heteroatoms. The number of aromatic nitrogens is 3. The van der Waals surface area contributed by atoms with Crippen LogP contribution in [-0.2, 0) is 15.7 Å². The molecule has 2 aromatic rings. The standard InChI is InChI=1S/C19H21F3N4O3/c1-3-29-17(28)18(8-4-5-9-18)25-16(27)14-11-24-26(12(14)2)15-7-6-13(10-23-15)19(20,21)22/h6-7,10-11H,3-5,8-9H2,1-2H3,(H,25,27). The minimum Gasteiger partial charge on any atom is -0.464 e. The average Bonchev–Trinajstić information content (AvgIpc) is 3.29. The predicted octanol–water partition coefficient (Wildman–Crippen LogP) is 3.20. The molecular weight excluding hydrogens is 389 g/mol. The van der Waals surface area contributed by atoms with E-state index in [2.05, 4.69) is 15.4 Å². The number of hydrogen-bond acceptors (Lipinski definition) is 5. The number of esters is 1. The monoisotopic (exact) mass is 410 g/mol. The molecule has 0 saturated heterocycles. The van der Waals surface area contributed by atoms with E-state index in [1.54, 1.807) is 13.8 Å². The molecule has 0 spiro atoms. The molecule has 0 radical (unpaired) electrons. The molecule has 7 nitrogen and oxygen atoms in total. The van der Waals surface area contributed by atoms with Crippen LogP contribution in [0.2, 0.25) is 0 Å². The van der Waals surface area contributed by atoms with Gasteiger partial charge < -0.3 is 10.1 Å². The fourth-order valence-corrected chi connectivity index (χ4v) is 3.46. The van der Waals surface area contributed by atoms with Crippen molar-refractivity contribution in [2.24, 2.45) is 0 Å². The van der Waals surface area contributed by atoms with Gasteiger partial charge in [0.1, 0.15) is 5.54 Å². The number of halogens is 3. The minimum absolute atomic E-state index is 0.149. The molecule has 0 aliphatic heterocycles. The Labute approximate surface area is 165 Å². The molecule has 1 fully saturated rings. The molecule has 29 heavy (non-hydrogen) atoms. The van der Waals surface area contributed by atoms with E-state index in [0.717, 1.165) is 18.9 Å². The van der Waals surface area contributed by atoms with Gasteiger partial charge in [0.15, 0.2) is 5.82 Å². The Balaban J connectivity index is 1.83. The highest BCUT2D eigenvalue weighted by molar-refractivity contribution is 5.99. The van der Waals surface area contributed by atoms with Gasteiger partial charge in [-0.25, -0.2) is 14.5 Å². The molecule has 2 aromatic heterocycles. The van der Waals surface area contributed by atoms with Crippen LogP contribution in [0.3, 0.4) is 0 Å². The number of hydrogen-bond donors (Lipinski definition) is 1. The molecule has 1 aliphatic carbocycles. The molecule has 0 unspecified atom stereocenters. The third-order valence-electron chi connectivity index (χ3n) is 5.02. The van der Waals surface area contributed by atoms with E-state index < -0.39 is 29.2 Å². The number of nitrogens with one attached hydrogen (secondary N) is 1. The number of nitrogens with zero attached hydrogens (tertiary/aromatic N) is 3. The highest BCUT2D eigenvalue weighted by atomic mass is 19.4. The number of pyridine rings is 1. The molecule has 0 atom stereocenters. The van der Waals surface area contributed by atoms with Crippen molar-refractivity contribution in [2.45, 2.75) is 51.2 Å². The van der Waals surface area contributed by atoms with Gasteiger partial charge in [0.2, 0.25) is 0 Å².